The molecule has 1 aliphatic carbocycles. The maximum atomic E-state index is 12.8. The van der Waals surface area contributed by atoms with Crippen LogP contribution in [0.25, 0.3) is 0 Å². The van der Waals surface area contributed by atoms with Crippen LogP contribution in [0.1, 0.15) is 19.8 Å². The Morgan fingerprint density at radius 1 is 1.29 bits per heavy atom. The maximum absolute atomic E-state index is 12.8. The minimum atomic E-state index is -0.170. The van der Waals surface area contributed by atoms with E-state index in [-0.39, 0.29) is 5.82 Å². The predicted octanol–water partition coefficient (Wildman–Crippen LogP) is 2.65. The number of rotatable bonds is 7. The van der Waals surface area contributed by atoms with Gasteiger partial charge in [0.25, 0.3) is 0 Å². The van der Waals surface area contributed by atoms with Gasteiger partial charge in [0.1, 0.15) is 5.82 Å². The van der Waals surface area contributed by atoms with Crippen molar-refractivity contribution < 1.29 is 4.39 Å². The van der Waals surface area contributed by atoms with E-state index in [0.29, 0.717) is 0 Å². The summed E-state index contributed by atoms with van der Waals surface area (Å²) in [6.45, 7) is 6.22. The van der Waals surface area contributed by atoms with Crippen LogP contribution in [-0.2, 0) is 0 Å². The van der Waals surface area contributed by atoms with Crippen LogP contribution in [-0.4, -0.2) is 26.2 Å². The second-order valence-corrected chi connectivity index (χ2v) is 4.70. The quantitative estimate of drug-likeness (QED) is 0.732. The highest BCUT2D eigenvalue weighted by Gasteiger charge is 2.20. The first-order valence-corrected chi connectivity index (χ1v) is 6.51. The Bertz CT molecular complexity index is 333. The minimum absolute atomic E-state index is 0.170. The average molecular weight is 236 g/mol. The standard InChI is InChI=1S/C14H21FN2/c1-2-17(10-9-16-11-12-3-4-12)14-7-5-13(15)6-8-14/h5-8,12,16H,2-4,9-11H2,1H3. The molecule has 0 radical (unpaired) electrons. The van der Waals surface area contributed by atoms with Crippen LogP contribution in [0.4, 0.5) is 10.1 Å². The highest BCUT2D eigenvalue weighted by Crippen LogP contribution is 2.27. The SMILES string of the molecule is CCN(CCNCC1CC1)c1ccc(F)cc1. The number of hydrogen-bond donors (Lipinski definition) is 1. The number of halogens is 1. The molecule has 0 unspecified atom stereocenters. The third-order valence-electron chi connectivity index (χ3n) is 3.26. The van der Waals surface area contributed by atoms with Gasteiger partial charge in [-0.05, 0) is 56.5 Å². The van der Waals surface area contributed by atoms with Crippen LogP contribution in [0, 0.1) is 11.7 Å². The van der Waals surface area contributed by atoms with E-state index >= 15 is 0 Å². The topological polar surface area (TPSA) is 15.3 Å². The van der Waals surface area contributed by atoms with Gasteiger partial charge in [-0.15, -0.1) is 0 Å². The molecule has 0 aromatic heterocycles. The lowest BCUT2D eigenvalue weighted by atomic mass is 10.2. The predicted molar refractivity (Wildman–Crippen MR) is 69.9 cm³/mol. The van der Waals surface area contributed by atoms with E-state index in [0.717, 1.165) is 37.8 Å². The lowest BCUT2D eigenvalue weighted by Crippen LogP contribution is -2.32. The third kappa shape index (κ3) is 4.00. The van der Waals surface area contributed by atoms with Crippen molar-refractivity contribution in [2.75, 3.05) is 31.1 Å². The summed E-state index contributed by atoms with van der Waals surface area (Å²) in [4.78, 5) is 2.26. The molecule has 2 nitrogen and oxygen atoms in total. The molecule has 0 heterocycles. The zero-order valence-electron chi connectivity index (χ0n) is 10.5. The van der Waals surface area contributed by atoms with Crippen molar-refractivity contribution in [1.29, 1.82) is 0 Å². The smallest absolute Gasteiger partial charge is 0.123 e. The zero-order valence-corrected chi connectivity index (χ0v) is 10.5. The molecule has 3 heteroatoms. The van der Waals surface area contributed by atoms with Crippen LogP contribution in [0.3, 0.4) is 0 Å². The van der Waals surface area contributed by atoms with Gasteiger partial charge in [-0.2, -0.15) is 0 Å². The number of hydrogen-bond acceptors (Lipinski definition) is 2. The Morgan fingerprint density at radius 2 is 2.00 bits per heavy atom. The number of nitrogens with zero attached hydrogens (tertiary/aromatic N) is 1. The summed E-state index contributed by atoms with van der Waals surface area (Å²) in [6.07, 6.45) is 2.78. The molecular formula is C14H21FN2. The molecule has 0 aliphatic heterocycles. The highest BCUT2D eigenvalue weighted by molar-refractivity contribution is 5.46. The summed E-state index contributed by atoms with van der Waals surface area (Å²) in [5, 5.41) is 3.48. The molecule has 1 saturated carbocycles. The first-order chi connectivity index (χ1) is 8.29. The van der Waals surface area contributed by atoms with E-state index in [1.54, 1.807) is 0 Å². The summed E-state index contributed by atoms with van der Waals surface area (Å²) in [7, 11) is 0. The van der Waals surface area contributed by atoms with Crippen LogP contribution < -0.4 is 10.2 Å². The maximum Gasteiger partial charge on any atom is 0.123 e. The zero-order chi connectivity index (χ0) is 12.1. The minimum Gasteiger partial charge on any atom is -0.371 e. The summed E-state index contributed by atoms with van der Waals surface area (Å²) < 4.78 is 12.8. The van der Waals surface area contributed by atoms with Crippen molar-refractivity contribution in [1.82, 2.24) is 5.32 Å². The van der Waals surface area contributed by atoms with E-state index in [1.165, 1.54) is 25.0 Å². The lowest BCUT2D eigenvalue weighted by Gasteiger charge is -2.23. The number of anilines is 1. The molecule has 0 atom stereocenters. The number of nitrogens with one attached hydrogen (secondary N) is 1. The van der Waals surface area contributed by atoms with Crippen molar-refractivity contribution >= 4 is 5.69 Å². The Kier molecular flexibility index (Phi) is 4.37. The van der Waals surface area contributed by atoms with Gasteiger partial charge < -0.3 is 10.2 Å². The largest absolute Gasteiger partial charge is 0.371 e. The van der Waals surface area contributed by atoms with Gasteiger partial charge >= 0.3 is 0 Å². The molecule has 1 aromatic rings. The van der Waals surface area contributed by atoms with Crippen molar-refractivity contribution in [2.45, 2.75) is 19.8 Å². The van der Waals surface area contributed by atoms with E-state index in [1.807, 2.05) is 12.1 Å². The van der Waals surface area contributed by atoms with Crippen LogP contribution >= 0.6 is 0 Å². The number of likely N-dealkylation sites (N-methyl/N-ethyl adjacent to an activating group) is 1. The normalized spacial score (nSPS) is 14.9. The second-order valence-electron chi connectivity index (χ2n) is 4.70. The molecule has 0 saturated heterocycles. The van der Waals surface area contributed by atoms with Gasteiger partial charge in [-0.25, -0.2) is 4.39 Å². The van der Waals surface area contributed by atoms with Crippen molar-refractivity contribution in [2.24, 2.45) is 5.92 Å². The summed E-state index contributed by atoms with van der Waals surface area (Å²) in [6, 6.07) is 6.74. The highest BCUT2D eigenvalue weighted by atomic mass is 19.1. The van der Waals surface area contributed by atoms with E-state index in [2.05, 4.69) is 17.1 Å². The first-order valence-electron chi connectivity index (χ1n) is 6.51. The molecule has 17 heavy (non-hydrogen) atoms. The molecule has 2 rings (SSSR count). The lowest BCUT2D eigenvalue weighted by molar-refractivity contribution is 0.621. The van der Waals surface area contributed by atoms with Crippen molar-refractivity contribution in [3.05, 3.63) is 30.1 Å². The second kappa shape index (κ2) is 6.01. The van der Waals surface area contributed by atoms with Crippen LogP contribution in [0.15, 0.2) is 24.3 Å². The fraction of sp³-hybridized carbons (Fsp3) is 0.571. The molecule has 0 amide bonds. The van der Waals surface area contributed by atoms with Gasteiger partial charge in [0.15, 0.2) is 0 Å². The summed E-state index contributed by atoms with van der Waals surface area (Å²) in [5.74, 6) is 0.757. The van der Waals surface area contributed by atoms with Crippen LogP contribution in [0.2, 0.25) is 0 Å². The molecule has 94 valence electrons. The molecule has 1 fully saturated rings. The molecule has 0 bridgehead atoms. The molecule has 1 aromatic carbocycles. The van der Waals surface area contributed by atoms with Crippen molar-refractivity contribution in [3.63, 3.8) is 0 Å². The van der Waals surface area contributed by atoms with Gasteiger partial charge in [-0.3, -0.25) is 0 Å². The van der Waals surface area contributed by atoms with Gasteiger partial charge in [0, 0.05) is 25.3 Å². The fourth-order valence-electron chi connectivity index (χ4n) is 1.96. The molecule has 1 aliphatic rings. The van der Waals surface area contributed by atoms with E-state index in [4.69, 9.17) is 0 Å². The number of benzene rings is 1. The fourth-order valence-corrected chi connectivity index (χ4v) is 1.96. The van der Waals surface area contributed by atoms with Crippen LogP contribution in [0.5, 0.6) is 0 Å². The Labute approximate surface area is 103 Å². The summed E-state index contributed by atoms with van der Waals surface area (Å²) in [5.41, 5.74) is 1.10. The first kappa shape index (κ1) is 12.4. The Hall–Kier alpha value is -1.09. The van der Waals surface area contributed by atoms with Gasteiger partial charge in [0.2, 0.25) is 0 Å². The van der Waals surface area contributed by atoms with E-state index < -0.39 is 0 Å². The summed E-state index contributed by atoms with van der Waals surface area (Å²) >= 11 is 0. The van der Waals surface area contributed by atoms with Gasteiger partial charge in [0.05, 0.1) is 0 Å². The van der Waals surface area contributed by atoms with Crippen molar-refractivity contribution in [3.8, 4) is 0 Å². The average Bonchev–Trinajstić information content (AvgIpc) is 3.15. The molecular weight excluding hydrogens is 215 g/mol. The monoisotopic (exact) mass is 236 g/mol. The van der Waals surface area contributed by atoms with Gasteiger partial charge in [-0.1, -0.05) is 0 Å². The molecule has 0 spiro atoms. The third-order valence-corrected chi connectivity index (χ3v) is 3.26. The Morgan fingerprint density at radius 3 is 2.59 bits per heavy atom. The Balaban J connectivity index is 1.76. The molecule has 1 N–H and O–H groups in total. The van der Waals surface area contributed by atoms with E-state index in [9.17, 15) is 4.39 Å².